The zero-order valence-electron chi connectivity index (χ0n) is 28.9. The summed E-state index contributed by atoms with van der Waals surface area (Å²) in [5.74, 6) is 1.05. The predicted octanol–water partition coefficient (Wildman–Crippen LogP) is 4.66. The third-order valence-corrected chi connectivity index (χ3v) is 8.91. The Morgan fingerprint density at radius 3 is 2.47 bits per heavy atom. The number of rotatable bonds is 15. The Bertz CT molecular complexity index is 1720. The van der Waals surface area contributed by atoms with Gasteiger partial charge in [0, 0.05) is 37.1 Å². The third-order valence-electron chi connectivity index (χ3n) is 8.91. The number of ether oxygens (including phenoxy) is 4. The average Bonchev–Trinajstić information content (AvgIpc) is 3.78. The van der Waals surface area contributed by atoms with E-state index < -0.39 is 13.0 Å². The quantitative estimate of drug-likeness (QED) is 0.170. The molecule has 1 saturated carbocycles. The van der Waals surface area contributed by atoms with E-state index in [4.69, 9.17) is 24.0 Å². The molecule has 0 radical (unpaired) electrons. The van der Waals surface area contributed by atoms with Crippen LogP contribution >= 0.6 is 0 Å². The first-order chi connectivity index (χ1) is 24.7. The summed E-state index contributed by atoms with van der Waals surface area (Å²) in [7, 11) is 0. The molecule has 1 aliphatic heterocycles. The zero-order valence-corrected chi connectivity index (χ0v) is 28.9. The van der Waals surface area contributed by atoms with Crippen molar-refractivity contribution >= 4 is 11.6 Å². The second-order valence-electron chi connectivity index (χ2n) is 13.0. The molecular weight excluding hydrogens is 664 g/mol. The van der Waals surface area contributed by atoms with E-state index in [2.05, 4.69) is 55.6 Å². The van der Waals surface area contributed by atoms with Crippen molar-refractivity contribution in [2.75, 3.05) is 38.2 Å². The van der Waals surface area contributed by atoms with Crippen LogP contribution in [-0.4, -0.2) is 109 Å². The van der Waals surface area contributed by atoms with Gasteiger partial charge in [-0.3, -0.25) is 9.58 Å². The third kappa shape index (κ3) is 9.72. The number of nitriles is 1. The van der Waals surface area contributed by atoms with E-state index >= 15 is 0 Å². The predicted molar refractivity (Wildman–Crippen MR) is 181 cm³/mol. The fourth-order valence-corrected chi connectivity index (χ4v) is 6.66. The molecule has 3 aromatic heterocycles. The second kappa shape index (κ2) is 16.9. The Balaban J connectivity index is 1.13. The monoisotopic (exact) mass is 707 g/mol. The molecule has 15 nitrogen and oxygen atoms in total. The molecular formula is C34H43F2N11O4. The van der Waals surface area contributed by atoms with E-state index in [-0.39, 0.29) is 37.6 Å². The van der Waals surface area contributed by atoms with E-state index in [1.807, 2.05) is 23.9 Å². The van der Waals surface area contributed by atoms with Crippen LogP contribution in [0.4, 0.5) is 20.4 Å². The Labute approximate surface area is 294 Å². The number of halogens is 2. The number of alkyl halides is 2. The highest BCUT2D eigenvalue weighted by Crippen LogP contribution is 2.35. The normalized spacial score (nSPS) is 21.7. The van der Waals surface area contributed by atoms with Gasteiger partial charge >= 0.3 is 0 Å². The van der Waals surface area contributed by atoms with Crippen LogP contribution in [0.25, 0.3) is 11.1 Å². The van der Waals surface area contributed by atoms with Gasteiger partial charge in [0.2, 0.25) is 5.95 Å². The summed E-state index contributed by atoms with van der Waals surface area (Å²) < 4.78 is 51.5. The van der Waals surface area contributed by atoms with Gasteiger partial charge in [0.05, 0.1) is 43.2 Å². The molecule has 4 aromatic rings. The van der Waals surface area contributed by atoms with Crippen LogP contribution < -0.4 is 14.8 Å². The zero-order chi connectivity index (χ0) is 35.7. The second-order valence-corrected chi connectivity index (χ2v) is 13.0. The molecule has 1 N–H and O–H groups in total. The Hall–Kier alpha value is -4.79. The molecule has 51 heavy (non-hydrogen) atoms. The van der Waals surface area contributed by atoms with Gasteiger partial charge in [-0.05, 0) is 74.6 Å². The summed E-state index contributed by atoms with van der Waals surface area (Å²) >= 11 is 0. The molecule has 6 rings (SSSR count). The fourth-order valence-electron chi connectivity index (χ4n) is 6.66. The summed E-state index contributed by atoms with van der Waals surface area (Å²) in [4.78, 5) is 11.6. The topological polar surface area (TPSA) is 163 Å². The SMILES string of the molecule is C[C@@H]1CN([C@H]2CC[C@H](n3cc(Nc4ncc(-c5ccc(C#N)c(O[C@@H](C)Cn6cnnn6)c5)cn4)c(OCCOCC(F)F)n3)CC2)C[C@H](C)O1. The summed E-state index contributed by atoms with van der Waals surface area (Å²) in [6.07, 6.45) is 8.35. The van der Waals surface area contributed by atoms with Crippen molar-refractivity contribution < 1.29 is 27.7 Å². The molecule has 2 fully saturated rings. The number of aromatic nitrogens is 8. The number of anilines is 2. The average molecular weight is 708 g/mol. The molecule has 1 aromatic carbocycles. The summed E-state index contributed by atoms with van der Waals surface area (Å²) in [5.41, 5.74) is 2.43. The van der Waals surface area contributed by atoms with E-state index in [1.54, 1.807) is 29.2 Å². The van der Waals surface area contributed by atoms with Crippen molar-refractivity contribution in [1.29, 1.82) is 5.26 Å². The molecule has 0 unspecified atom stereocenters. The Morgan fingerprint density at radius 2 is 1.78 bits per heavy atom. The highest BCUT2D eigenvalue weighted by Gasteiger charge is 2.32. The largest absolute Gasteiger partial charge is 0.487 e. The molecule has 0 spiro atoms. The van der Waals surface area contributed by atoms with Crippen LogP contribution in [0.15, 0.2) is 43.1 Å². The van der Waals surface area contributed by atoms with Gasteiger partial charge in [-0.1, -0.05) is 6.07 Å². The molecule has 17 heteroatoms. The number of morpholine rings is 1. The number of tetrazole rings is 1. The van der Waals surface area contributed by atoms with Crippen LogP contribution in [0, 0.1) is 11.3 Å². The van der Waals surface area contributed by atoms with Gasteiger partial charge in [0.1, 0.15) is 43.2 Å². The van der Waals surface area contributed by atoms with Crippen molar-refractivity contribution in [2.24, 2.45) is 0 Å². The lowest BCUT2D eigenvalue weighted by molar-refractivity contribution is -0.0852. The lowest BCUT2D eigenvalue weighted by Crippen LogP contribution is -2.51. The van der Waals surface area contributed by atoms with E-state index in [0.29, 0.717) is 47.0 Å². The van der Waals surface area contributed by atoms with Crippen LogP contribution in [0.5, 0.6) is 11.6 Å². The van der Waals surface area contributed by atoms with Gasteiger partial charge in [0.25, 0.3) is 12.3 Å². The van der Waals surface area contributed by atoms with Crippen LogP contribution in [0.3, 0.4) is 0 Å². The van der Waals surface area contributed by atoms with E-state index in [1.165, 1.54) is 6.33 Å². The minimum absolute atomic E-state index is 0.00390. The maximum atomic E-state index is 12.5. The molecule has 3 atom stereocenters. The Kier molecular flexibility index (Phi) is 12.0. The molecule has 272 valence electrons. The number of hydrogen-bond acceptors (Lipinski definition) is 13. The minimum atomic E-state index is -2.55. The summed E-state index contributed by atoms with van der Waals surface area (Å²) in [5, 5.41) is 28.8. The highest BCUT2D eigenvalue weighted by atomic mass is 19.3. The molecule has 0 amide bonds. The Morgan fingerprint density at radius 1 is 1.04 bits per heavy atom. The number of nitrogens with zero attached hydrogens (tertiary/aromatic N) is 10. The van der Waals surface area contributed by atoms with Gasteiger partial charge in [0.15, 0.2) is 0 Å². The maximum Gasteiger partial charge on any atom is 0.261 e. The van der Waals surface area contributed by atoms with E-state index in [9.17, 15) is 14.0 Å². The minimum Gasteiger partial charge on any atom is -0.487 e. The van der Waals surface area contributed by atoms with Crippen LogP contribution in [0.2, 0.25) is 0 Å². The number of nitrogens with one attached hydrogen (secondary N) is 1. The number of benzene rings is 1. The smallest absolute Gasteiger partial charge is 0.261 e. The first-order valence-corrected chi connectivity index (χ1v) is 17.2. The van der Waals surface area contributed by atoms with Gasteiger partial charge in [-0.15, -0.1) is 10.2 Å². The first-order valence-electron chi connectivity index (χ1n) is 17.2. The van der Waals surface area contributed by atoms with Gasteiger partial charge < -0.3 is 24.3 Å². The van der Waals surface area contributed by atoms with Crippen LogP contribution in [0.1, 0.15) is 58.1 Å². The molecule has 1 aliphatic carbocycles. The maximum absolute atomic E-state index is 12.5. The van der Waals surface area contributed by atoms with E-state index in [0.717, 1.165) is 44.3 Å². The molecule has 1 saturated heterocycles. The molecule has 0 bridgehead atoms. The fraction of sp³-hybridized carbons (Fsp3) is 0.559. The standard InChI is InChI=1S/C34H43F2N11O4/c1-22-16-45(17-23(2)50-22)28-6-8-29(9-7-28)47-19-30(33(42-47)49-11-10-48-20-32(35)36)41-34-38-14-27(15-39-34)25-4-5-26(13-37)31(12-25)51-24(3)18-46-21-40-43-44-46/h4-5,12,14-15,19,21-24,28-29,32H,6-11,16-18,20H2,1-3H3,(H,38,39,41)/t22-,23+,24-,28-,29-/m0/s1. The lowest BCUT2D eigenvalue weighted by atomic mass is 9.89. The first kappa shape index (κ1) is 36.0. The number of hydrogen-bond donors (Lipinski definition) is 1. The molecule has 4 heterocycles. The molecule has 2 aliphatic rings. The van der Waals surface area contributed by atoms with Gasteiger partial charge in [-0.25, -0.2) is 23.4 Å². The van der Waals surface area contributed by atoms with Crippen molar-refractivity contribution in [3.05, 3.63) is 48.7 Å². The summed E-state index contributed by atoms with van der Waals surface area (Å²) in [6, 6.07) is 8.14. The lowest BCUT2D eigenvalue weighted by Gasteiger charge is -2.42. The van der Waals surface area contributed by atoms with Crippen molar-refractivity contribution in [2.45, 2.75) is 89.8 Å². The van der Waals surface area contributed by atoms with Crippen molar-refractivity contribution in [3.63, 3.8) is 0 Å². The van der Waals surface area contributed by atoms with Crippen LogP contribution in [-0.2, 0) is 16.0 Å². The summed E-state index contributed by atoms with van der Waals surface area (Å²) in [6.45, 7) is 7.82. The van der Waals surface area contributed by atoms with Gasteiger partial charge in [-0.2, -0.15) is 5.26 Å². The van der Waals surface area contributed by atoms with Crippen molar-refractivity contribution in [3.8, 4) is 28.8 Å². The van der Waals surface area contributed by atoms with Crippen molar-refractivity contribution in [1.82, 2.24) is 44.9 Å². The highest BCUT2D eigenvalue weighted by molar-refractivity contribution is 5.67.